The third-order valence-corrected chi connectivity index (χ3v) is 3.17. The van der Waals surface area contributed by atoms with Crippen molar-refractivity contribution in [3.8, 4) is 0 Å². The van der Waals surface area contributed by atoms with Crippen molar-refractivity contribution in [2.75, 3.05) is 0 Å². The van der Waals surface area contributed by atoms with E-state index < -0.39 is 0 Å². The first-order chi connectivity index (χ1) is 7.11. The molecule has 2 heterocycles. The van der Waals surface area contributed by atoms with Gasteiger partial charge in [0.25, 0.3) is 0 Å². The van der Waals surface area contributed by atoms with E-state index >= 15 is 0 Å². The minimum absolute atomic E-state index is 0.137. The molecule has 15 heavy (non-hydrogen) atoms. The highest BCUT2D eigenvalue weighted by molar-refractivity contribution is 9.10. The molecule has 6 heteroatoms. The number of aromatic nitrogens is 2. The summed E-state index contributed by atoms with van der Waals surface area (Å²) in [4.78, 5) is 12.1. The average molecular weight is 334 g/mol. The van der Waals surface area contributed by atoms with Gasteiger partial charge in [-0.05, 0) is 37.9 Å². The second-order valence-corrected chi connectivity index (χ2v) is 4.48. The van der Waals surface area contributed by atoms with Crippen molar-refractivity contribution >= 4 is 37.6 Å². The van der Waals surface area contributed by atoms with Gasteiger partial charge in [-0.25, -0.2) is 0 Å². The summed E-state index contributed by atoms with van der Waals surface area (Å²) in [6, 6.07) is 1.62. The Kier molecular flexibility index (Phi) is 2.79. The summed E-state index contributed by atoms with van der Waals surface area (Å²) in [5.41, 5.74) is 0.983. The lowest BCUT2D eigenvalue weighted by Gasteiger charge is -2.00. The van der Waals surface area contributed by atoms with Crippen LogP contribution in [-0.2, 0) is 7.05 Å². The molecule has 0 unspecified atom stereocenters. The van der Waals surface area contributed by atoms with Crippen LogP contribution in [-0.4, -0.2) is 15.6 Å². The molecule has 0 N–H and O–H groups in total. The number of hydrogen-bond acceptors (Lipinski definition) is 3. The first-order valence-corrected chi connectivity index (χ1v) is 5.65. The highest BCUT2D eigenvalue weighted by Gasteiger charge is 2.20. The second-order valence-electron chi connectivity index (χ2n) is 2.90. The number of carbonyl (C=O) groups is 1. The summed E-state index contributed by atoms with van der Waals surface area (Å²) in [5, 5.41) is 3.98. The zero-order chi connectivity index (χ0) is 11.0. The van der Waals surface area contributed by atoms with Crippen LogP contribution in [0, 0.1) is 0 Å². The molecule has 2 aromatic rings. The molecule has 0 radical (unpaired) electrons. The number of hydrogen-bond donors (Lipinski definition) is 0. The molecule has 0 aromatic carbocycles. The Morgan fingerprint density at radius 3 is 2.73 bits per heavy atom. The van der Waals surface area contributed by atoms with E-state index in [2.05, 4.69) is 37.0 Å². The van der Waals surface area contributed by atoms with Crippen LogP contribution >= 0.6 is 31.9 Å². The van der Waals surface area contributed by atoms with Crippen LogP contribution in [0.2, 0.25) is 0 Å². The van der Waals surface area contributed by atoms with Gasteiger partial charge in [0.2, 0.25) is 5.78 Å². The van der Waals surface area contributed by atoms with E-state index in [0.717, 1.165) is 0 Å². The largest absolute Gasteiger partial charge is 0.457 e. The Bertz CT molecular complexity index is 496. The molecule has 0 aliphatic heterocycles. The highest BCUT2D eigenvalue weighted by Crippen LogP contribution is 2.24. The molecule has 4 nitrogen and oxygen atoms in total. The van der Waals surface area contributed by atoms with Gasteiger partial charge in [0, 0.05) is 7.05 Å². The van der Waals surface area contributed by atoms with Gasteiger partial charge in [-0.1, -0.05) is 0 Å². The Balaban J connectivity index is 2.50. The van der Waals surface area contributed by atoms with E-state index in [1.807, 2.05) is 0 Å². The van der Waals surface area contributed by atoms with E-state index in [4.69, 9.17) is 4.42 Å². The molecule has 2 rings (SSSR count). The summed E-state index contributed by atoms with van der Waals surface area (Å²) in [7, 11) is 1.71. The number of aryl methyl sites for hydroxylation is 1. The van der Waals surface area contributed by atoms with Crippen molar-refractivity contribution in [1.29, 1.82) is 0 Å². The number of nitrogens with zero attached hydrogens (tertiary/aromatic N) is 2. The van der Waals surface area contributed by atoms with E-state index in [1.165, 1.54) is 10.9 Å². The maximum Gasteiger partial charge on any atom is 0.216 e. The van der Waals surface area contributed by atoms with Crippen LogP contribution in [0.4, 0.5) is 0 Å². The normalized spacial score (nSPS) is 10.6. The summed E-state index contributed by atoms with van der Waals surface area (Å²) < 4.78 is 7.63. The van der Waals surface area contributed by atoms with E-state index in [-0.39, 0.29) is 5.78 Å². The molecule has 0 atom stereocenters. The van der Waals surface area contributed by atoms with Gasteiger partial charge >= 0.3 is 0 Å². The SMILES string of the molecule is Cn1ncc(Br)c1C(=O)c1ccoc1Br. The van der Waals surface area contributed by atoms with Crippen molar-refractivity contribution in [2.24, 2.45) is 7.05 Å². The molecule has 0 bridgehead atoms. The quantitative estimate of drug-likeness (QED) is 0.794. The highest BCUT2D eigenvalue weighted by atomic mass is 79.9. The summed E-state index contributed by atoms with van der Waals surface area (Å²) in [6.45, 7) is 0. The number of halogens is 2. The van der Waals surface area contributed by atoms with Crippen LogP contribution in [0.15, 0.2) is 32.1 Å². The molecule has 0 saturated heterocycles. The third kappa shape index (κ3) is 1.79. The predicted octanol–water partition coefficient (Wildman–Crippen LogP) is 2.77. The van der Waals surface area contributed by atoms with Crippen molar-refractivity contribution in [3.63, 3.8) is 0 Å². The number of ketones is 1. The van der Waals surface area contributed by atoms with E-state index in [1.54, 1.807) is 19.3 Å². The topological polar surface area (TPSA) is 48.0 Å². The van der Waals surface area contributed by atoms with Gasteiger partial charge in [-0.2, -0.15) is 5.10 Å². The zero-order valence-corrected chi connectivity index (χ0v) is 10.9. The Morgan fingerprint density at radius 2 is 2.27 bits per heavy atom. The number of carbonyl (C=O) groups excluding carboxylic acids is 1. The molecule has 78 valence electrons. The maximum absolute atomic E-state index is 12.1. The lowest BCUT2D eigenvalue weighted by Crippen LogP contribution is -2.08. The lowest BCUT2D eigenvalue weighted by molar-refractivity contribution is 0.102. The standard InChI is InChI=1S/C9H6Br2N2O2/c1-13-7(6(10)4-12-13)8(14)5-2-3-15-9(5)11/h2-4H,1H3. The average Bonchev–Trinajstić information content (AvgIpc) is 2.73. The molecule has 0 spiro atoms. The van der Waals surface area contributed by atoms with Gasteiger partial charge in [-0.3, -0.25) is 9.48 Å². The Labute approximate surface area is 103 Å². The van der Waals surface area contributed by atoms with Crippen molar-refractivity contribution in [1.82, 2.24) is 9.78 Å². The molecular formula is C9H6Br2N2O2. The van der Waals surface area contributed by atoms with Crippen molar-refractivity contribution in [2.45, 2.75) is 0 Å². The Morgan fingerprint density at radius 1 is 1.53 bits per heavy atom. The molecule has 0 saturated carbocycles. The minimum atomic E-state index is -0.137. The van der Waals surface area contributed by atoms with E-state index in [9.17, 15) is 4.79 Å². The summed E-state index contributed by atoms with van der Waals surface area (Å²) >= 11 is 6.45. The molecular weight excluding hydrogens is 328 g/mol. The smallest absolute Gasteiger partial charge is 0.216 e. The molecule has 0 aliphatic carbocycles. The van der Waals surface area contributed by atoms with Crippen LogP contribution in [0.5, 0.6) is 0 Å². The van der Waals surface area contributed by atoms with Crippen LogP contribution in [0.3, 0.4) is 0 Å². The third-order valence-electron chi connectivity index (χ3n) is 1.97. The predicted molar refractivity (Wildman–Crippen MR) is 60.7 cm³/mol. The van der Waals surface area contributed by atoms with Gasteiger partial charge < -0.3 is 4.42 Å². The zero-order valence-electron chi connectivity index (χ0n) is 7.70. The Hall–Kier alpha value is -0.880. The second kappa shape index (κ2) is 3.94. The van der Waals surface area contributed by atoms with Gasteiger partial charge in [-0.15, -0.1) is 0 Å². The first-order valence-electron chi connectivity index (χ1n) is 4.06. The lowest BCUT2D eigenvalue weighted by atomic mass is 10.2. The number of furan rings is 1. The maximum atomic E-state index is 12.1. The van der Waals surface area contributed by atoms with Crippen LogP contribution < -0.4 is 0 Å². The van der Waals surface area contributed by atoms with Crippen molar-refractivity contribution < 1.29 is 9.21 Å². The van der Waals surface area contributed by atoms with Gasteiger partial charge in [0.1, 0.15) is 5.69 Å². The van der Waals surface area contributed by atoms with Crippen LogP contribution in [0.25, 0.3) is 0 Å². The molecule has 2 aromatic heterocycles. The van der Waals surface area contributed by atoms with Gasteiger partial charge in [0.05, 0.1) is 22.5 Å². The first kappa shape index (κ1) is 10.6. The fourth-order valence-corrected chi connectivity index (χ4v) is 2.20. The molecule has 0 aliphatic rings. The van der Waals surface area contributed by atoms with Gasteiger partial charge in [0.15, 0.2) is 4.67 Å². The van der Waals surface area contributed by atoms with Crippen LogP contribution in [0.1, 0.15) is 16.1 Å². The molecule has 0 amide bonds. The summed E-state index contributed by atoms with van der Waals surface area (Å²) in [5.74, 6) is -0.137. The number of rotatable bonds is 2. The fourth-order valence-electron chi connectivity index (χ4n) is 1.25. The fraction of sp³-hybridized carbons (Fsp3) is 0.111. The van der Waals surface area contributed by atoms with E-state index in [0.29, 0.717) is 20.4 Å². The molecule has 0 fully saturated rings. The minimum Gasteiger partial charge on any atom is -0.457 e. The monoisotopic (exact) mass is 332 g/mol. The van der Waals surface area contributed by atoms with Crippen molar-refractivity contribution in [3.05, 3.63) is 38.9 Å². The summed E-state index contributed by atoms with van der Waals surface area (Å²) in [6.07, 6.45) is 3.04.